The number of nitrogens with one attached hydrogen (secondary N) is 1. The molecule has 4 nitrogen and oxygen atoms in total. The van der Waals surface area contributed by atoms with Gasteiger partial charge in [-0.3, -0.25) is 4.79 Å². The third kappa shape index (κ3) is 3.52. The van der Waals surface area contributed by atoms with Crippen molar-refractivity contribution in [3.05, 3.63) is 35.9 Å². The monoisotopic (exact) mass is 267 g/mol. The van der Waals surface area contributed by atoms with Crippen LogP contribution < -0.4 is 10.8 Å². The maximum absolute atomic E-state index is 11.4. The van der Waals surface area contributed by atoms with Crippen LogP contribution >= 0.6 is 0 Å². The summed E-state index contributed by atoms with van der Waals surface area (Å²) in [5.74, 6) is 4.54. The Morgan fingerprint density at radius 1 is 1.30 bits per heavy atom. The second-order valence-electron chi connectivity index (χ2n) is 3.99. The molecule has 1 aromatic carbocycles. The lowest BCUT2D eigenvalue weighted by Gasteiger charge is -2.16. The van der Waals surface area contributed by atoms with Gasteiger partial charge in [0, 0.05) is 18.5 Å². The molecular formula is C15H14BNO3. The van der Waals surface area contributed by atoms with E-state index in [-0.39, 0.29) is 24.2 Å². The van der Waals surface area contributed by atoms with Crippen molar-refractivity contribution in [2.45, 2.75) is 12.8 Å². The van der Waals surface area contributed by atoms with Crippen LogP contribution in [0, 0.1) is 24.7 Å². The highest BCUT2D eigenvalue weighted by Gasteiger charge is 2.20. The fourth-order valence-electron chi connectivity index (χ4n) is 1.87. The van der Waals surface area contributed by atoms with Crippen molar-refractivity contribution in [2.24, 2.45) is 0 Å². The number of rotatable bonds is 5. The van der Waals surface area contributed by atoms with Crippen LogP contribution in [0.1, 0.15) is 11.1 Å². The summed E-state index contributed by atoms with van der Waals surface area (Å²) in [5.41, 5.74) is 1.92. The molecule has 0 saturated heterocycles. The first-order chi connectivity index (χ1) is 9.54. The summed E-state index contributed by atoms with van der Waals surface area (Å²) in [6.45, 7) is 3.37. The molecule has 1 amide bonds. The Balaban J connectivity index is 3.43. The van der Waals surface area contributed by atoms with Crippen LogP contribution in [0.3, 0.4) is 0 Å². The lowest BCUT2D eigenvalue weighted by Crippen LogP contribution is -2.34. The summed E-state index contributed by atoms with van der Waals surface area (Å²) < 4.78 is 0. The van der Waals surface area contributed by atoms with Gasteiger partial charge in [-0.2, -0.15) is 0 Å². The lowest BCUT2D eigenvalue weighted by atomic mass is 9.74. The number of anilines is 1. The third-order valence-corrected chi connectivity index (χ3v) is 2.75. The SMILES string of the molecule is C#CCc1c(NC(=O)C=C)ccc(B(O)O)c1CC#C. The van der Waals surface area contributed by atoms with Crippen molar-refractivity contribution in [1.29, 1.82) is 0 Å². The van der Waals surface area contributed by atoms with Crippen LogP contribution in [0.2, 0.25) is 0 Å². The predicted octanol–water partition coefficient (Wildman–Crippen LogP) is -0.158. The van der Waals surface area contributed by atoms with Crippen molar-refractivity contribution >= 4 is 24.2 Å². The number of amides is 1. The van der Waals surface area contributed by atoms with Crippen molar-refractivity contribution in [1.82, 2.24) is 0 Å². The van der Waals surface area contributed by atoms with Crippen LogP contribution in [0.25, 0.3) is 0 Å². The van der Waals surface area contributed by atoms with Gasteiger partial charge < -0.3 is 15.4 Å². The molecule has 0 fully saturated rings. The van der Waals surface area contributed by atoms with E-state index in [4.69, 9.17) is 12.8 Å². The molecule has 0 aliphatic heterocycles. The first-order valence-corrected chi connectivity index (χ1v) is 5.86. The van der Waals surface area contributed by atoms with Crippen LogP contribution in [0.15, 0.2) is 24.8 Å². The number of carbonyl (C=O) groups is 1. The molecular weight excluding hydrogens is 253 g/mol. The van der Waals surface area contributed by atoms with Gasteiger partial charge in [-0.1, -0.05) is 12.6 Å². The van der Waals surface area contributed by atoms with E-state index >= 15 is 0 Å². The largest absolute Gasteiger partial charge is 0.488 e. The number of carbonyl (C=O) groups excluding carboxylic acids is 1. The zero-order valence-electron chi connectivity index (χ0n) is 10.9. The summed E-state index contributed by atoms with van der Waals surface area (Å²) in [6, 6.07) is 3.05. The van der Waals surface area contributed by atoms with Gasteiger partial charge in [0.15, 0.2) is 0 Å². The van der Waals surface area contributed by atoms with Crippen LogP contribution in [-0.2, 0) is 17.6 Å². The molecule has 0 heterocycles. The van der Waals surface area contributed by atoms with Gasteiger partial charge in [0.2, 0.25) is 5.91 Å². The zero-order chi connectivity index (χ0) is 15.1. The van der Waals surface area contributed by atoms with Gasteiger partial charge >= 0.3 is 7.12 Å². The number of terminal acetylenes is 2. The minimum atomic E-state index is -1.65. The van der Waals surface area contributed by atoms with E-state index < -0.39 is 7.12 Å². The highest BCUT2D eigenvalue weighted by Crippen LogP contribution is 2.20. The molecule has 1 aromatic rings. The van der Waals surface area contributed by atoms with Gasteiger partial charge in [-0.15, -0.1) is 24.7 Å². The Labute approximate surface area is 118 Å². The maximum Gasteiger partial charge on any atom is 0.488 e. The Morgan fingerprint density at radius 3 is 2.40 bits per heavy atom. The molecule has 1 rings (SSSR count). The predicted molar refractivity (Wildman–Crippen MR) is 80.2 cm³/mol. The molecule has 0 radical (unpaired) electrons. The van der Waals surface area contributed by atoms with Gasteiger partial charge in [-0.05, 0) is 28.7 Å². The Bertz CT molecular complexity index is 609. The van der Waals surface area contributed by atoms with Gasteiger partial charge in [0.1, 0.15) is 0 Å². The quantitative estimate of drug-likeness (QED) is 0.394. The van der Waals surface area contributed by atoms with E-state index in [1.165, 1.54) is 6.07 Å². The Morgan fingerprint density at radius 2 is 1.90 bits per heavy atom. The lowest BCUT2D eigenvalue weighted by molar-refractivity contribution is -0.111. The van der Waals surface area contributed by atoms with Gasteiger partial charge in [-0.25, -0.2) is 0 Å². The maximum atomic E-state index is 11.4. The van der Waals surface area contributed by atoms with E-state index in [0.717, 1.165) is 6.08 Å². The van der Waals surface area contributed by atoms with E-state index in [9.17, 15) is 14.8 Å². The first-order valence-electron chi connectivity index (χ1n) is 5.86. The molecule has 0 aromatic heterocycles. The van der Waals surface area contributed by atoms with Crippen LogP contribution in [0.5, 0.6) is 0 Å². The van der Waals surface area contributed by atoms with Crippen molar-refractivity contribution < 1.29 is 14.8 Å². The van der Waals surface area contributed by atoms with E-state index in [0.29, 0.717) is 16.8 Å². The second kappa shape index (κ2) is 7.20. The standard InChI is InChI=1S/C15H14BNO3/c1-4-7-11-12(8-5-2)14(17-15(18)6-3)10-9-13(11)16(19)20/h1-2,6,9-10,19-20H,3,7-8H2,(H,17,18). The van der Waals surface area contributed by atoms with Crippen LogP contribution in [0.4, 0.5) is 5.69 Å². The average Bonchev–Trinajstić information content (AvgIpc) is 2.42. The third-order valence-electron chi connectivity index (χ3n) is 2.75. The topological polar surface area (TPSA) is 69.6 Å². The van der Waals surface area contributed by atoms with Crippen molar-refractivity contribution in [3.63, 3.8) is 0 Å². The minimum absolute atomic E-state index is 0.182. The van der Waals surface area contributed by atoms with Crippen molar-refractivity contribution in [3.8, 4) is 24.7 Å². The van der Waals surface area contributed by atoms with E-state index in [2.05, 4.69) is 23.7 Å². The molecule has 0 aliphatic carbocycles. The minimum Gasteiger partial charge on any atom is -0.423 e. The first kappa shape index (κ1) is 15.6. The van der Waals surface area contributed by atoms with E-state index in [1.807, 2.05) is 0 Å². The average molecular weight is 267 g/mol. The molecule has 0 spiro atoms. The number of hydrogen-bond acceptors (Lipinski definition) is 3. The molecule has 3 N–H and O–H groups in total. The highest BCUT2D eigenvalue weighted by atomic mass is 16.4. The molecule has 0 aliphatic rings. The van der Waals surface area contributed by atoms with Crippen molar-refractivity contribution in [2.75, 3.05) is 5.32 Å². The molecule has 0 unspecified atom stereocenters. The number of benzene rings is 1. The fraction of sp³-hybridized carbons (Fsp3) is 0.133. The molecule has 5 heteroatoms. The summed E-state index contributed by atoms with van der Waals surface area (Å²) in [6.07, 6.45) is 12.2. The summed E-state index contributed by atoms with van der Waals surface area (Å²) in [4.78, 5) is 11.4. The zero-order valence-corrected chi connectivity index (χ0v) is 10.9. The van der Waals surface area contributed by atoms with Crippen LogP contribution in [-0.4, -0.2) is 23.1 Å². The molecule has 0 saturated carbocycles. The summed E-state index contributed by atoms with van der Waals surface area (Å²) in [7, 11) is -1.65. The fourth-order valence-corrected chi connectivity index (χ4v) is 1.87. The Hall–Kier alpha value is -2.47. The molecule has 0 atom stereocenters. The molecule has 0 bridgehead atoms. The molecule has 20 heavy (non-hydrogen) atoms. The number of hydrogen-bond donors (Lipinski definition) is 3. The highest BCUT2D eigenvalue weighted by molar-refractivity contribution is 6.59. The van der Waals surface area contributed by atoms with Gasteiger partial charge in [0.05, 0.1) is 0 Å². The Kier molecular flexibility index (Phi) is 5.62. The van der Waals surface area contributed by atoms with E-state index in [1.54, 1.807) is 6.07 Å². The second-order valence-corrected chi connectivity index (χ2v) is 3.99. The normalized spacial score (nSPS) is 9.20. The smallest absolute Gasteiger partial charge is 0.423 e. The summed E-state index contributed by atoms with van der Waals surface area (Å²) in [5, 5.41) is 21.4. The molecule has 100 valence electrons. The van der Waals surface area contributed by atoms with Gasteiger partial charge in [0.25, 0.3) is 0 Å². The summed E-state index contributed by atoms with van der Waals surface area (Å²) >= 11 is 0.